The van der Waals surface area contributed by atoms with Crippen LogP contribution in [0.3, 0.4) is 0 Å². The predicted octanol–water partition coefficient (Wildman–Crippen LogP) is 3.43. The van der Waals surface area contributed by atoms with Gasteiger partial charge in [-0.3, -0.25) is 9.69 Å². The number of benzene rings is 1. The van der Waals surface area contributed by atoms with E-state index in [0.717, 1.165) is 6.29 Å². The van der Waals surface area contributed by atoms with E-state index in [0.29, 0.717) is 11.3 Å². The fourth-order valence-corrected chi connectivity index (χ4v) is 1.55. The molecule has 1 aromatic rings. The van der Waals surface area contributed by atoms with Crippen LogP contribution in [-0.4, -0.2) is 24.5 Å². The van der Waals surface area contributed by atoms with Gasteiger partial charge in [0, 0.05) is 12.1 Å². The molecule has 102 valence electrons. The first-order valence-electron chi connectivity index (χ1n) is 6.04. The second-order valence-corrected chi connectivity index (χ2v) is 5.06. The van der Waals surface area contributed by atoms with E-state index in [-0.39, 0.29) is 6.54 Å². The average Bonchev–Trinajstić information content (AvgIpc) is 2.33. The molecule has 0 aromatic heterocycles. The number of hydrogen-bond acceptors (Lipinski definition) is 3. The van der Waals surface area contributed by atoms with E-state index in [9.17, 15) is 9.59 Å². The van der Waals surface area contributed by atoms with Crippen LogP contribution in [-0.2, 0) is 4.74 Å². The Labute approximate surface area is 113 Å². The van der Waals surface area contributed by atoms with Crippen molar-refractivity contribution in [1.29, 1.82) is 0 Å². The summed E-state index contributed by atoms with van der Waals surface area (Å²) in [6, 6.07) is 6.87. The third-order valence-corrected chi connectivity index (χ3v) is 2.28. The first kappa shape index (κ1) is 15.0. The Morgan fingerprint density at radius 3 is 2.53 bits per heavy atom. The molecule has 0 radical (unpaired) electrons. The van der Waals surface area contributed by atoms with E-state index >= 15 is 0 Å². The lowest BCUT2D eigenvalue weighted by atomic mass is 10.1. The molecule has 0 atom stereocenters. The summed E-state index contributed by atoms with van der Waals surface area (Å²) in [7, 11) is 0. The molecule has 0 N–H and O–H groups in total. The SMILES string of the molecule is C=CCN(C(=O)OC(C)(C)C)c1ccccc1C=O. The molecule has 1 aromatic carbocycles. The van der Waals surface area contributed by atoms with Crippen molar-refractivity contribution in [3.63, 3.8) is 0 Å². The Bertz CT molecular complexity index is 475. The molecule has 0 heterocycles. The third-order valence-electron chi connectivity index (χ3n) is 2.28. The van der Waals surface area contributed by atoms with Gasteiger partial charge in [-0.15, -0.1) is 6.58 Å². The minimum Gasteiger partial charge on any atom is -0.443 e. The standard InChI is InChI=1S/C15H19NO3/c1-5-10-16(14(18)19-15(2,3)4)13-9-7-6-8-12(13)11-17/h5-9,11H,1,10H2,2-4H3. The summed E-state index contributed by atoms with van der Waals surface area (Å²) in [5, 5.41) is 0. The topological polar surface area (TPSA) is 46.6 Å². The molecule has 4 heteroatoms. The molecular formula is C15H19NO3. The minimum absolute atomic E-state index is 0.278. The van der Waals surface area contributed by atoms with Crippen LogP contribution in [0, 0.1) is 0 Å². The monoisotopic (exact) mass is 261 g/mol. The van der Waals surface area contributed by atoms with Crippen LogP contribution in [0.25, 0.3) is 0 Å². The Balaban J connectivity index is 3.09. The van der Waals surface area contributed by atoms with Gasteiger partial charge >= 0.3 is 6.09 Å². The Morgan fingerprint density at radius 1 is 1.37 bits per heavy atom. The molecule has 0 fully saturated rings. The van der Waals surface area contributed by atoms with Crippen LogP contribution >= 0.6 is 0 Å². The maximum absolute atomic E-state index is 12.2. The summed E-state index contributed by atoms with van der Waals surface area (Å²) in [4.78, 5) is 24.6. The van der Waals surface area contributed by atoms with Gasteiger partial charge in [0.2, 0.25) is 0 Å². The minimum atomic E-state index is -0.591. The number of hydrogen-bond donors (Lipinski definition) is 0. The normalized spacial score (nSPS) is 10.7. The van der Waals surface area contributed by atoms with Crippen molar-refractivity contribution >= 4 is 18.1 Å². The lowest BCUT2D eigenvalue weighted by molar-refractivity contribution is 0.0584. The van der Waals surface area contributed by atoms with E-state index < -0.39 is 11.7 Å². The van der Waals surface area contributed by atoms with Gasteiger partial charge in [-0.05, 0) is 32.9 Å². The molecule has 0 aliphatic heterocycles. The van der Waals surface area contributed by atoms with E-state index in [4.69, 9.17) is 4.74 Å². The van der Waals surface area contributed by atoms with Crippen molar-refractivity contribution in [2.45, 2.75) is 26.4 Å². The zero-order valence-electron chi connectivity index (χ0n) is 11.6. The number of ether oxygens (including phenoxy) is 1. The molecule has 4 nitrogen and oxygen atoms in total. The number of anilines is 1. The van der Waals surface area contributed by atoms with Gasteiger partial charge in [-0.25, -0.2) is 4.79 Å². The van der Waals surface area contributed by atoms with E-state index in [1.54, 1.807) is 51.1 Å². The molecule has 0 unspecified atom stereocenters. The van der Waals surface area contributed by atoms with Crippen LogP contribution in [0.4, 0.5) is 10.5 Å². The molecule has 1 rings (SSSR count). The van der Waals surface area contributed by atoms with Crippen LogP contribution in [0.1, 0.15) is 31.1 Å². The quantitative estimate of drug-likeness (QED) is 0.616. The van der Waals surface area contributed by atoms with Gasteiger partial charge in [0.15, 0.2) is 6.29 Å². The maximum Gasteiger partial charge on any atom is 0.415 e. The van der Waals surface area contributed by atoms with Gasteiger partial charge in [0.25, 0.3) is 0 Å². The summed E-state index contributed by atoms with van der Waals surface area (Å²) in [5.74, 6) is 0. The van der Waals surface area contributed by atoms with E-state index in [1.165, 1.54) is 4.90 Å². The number of amides is 1. The summed E-state index contributed by atoms with van der Waals surface area (Å²) in [6.45, 7) is 9.28. The van der Waals surface area contributed by atoms with Crippen LogP contribution in [0.5, 0.6) is 0 Å². The zero-order chi connectivity index (χ0) is 14.5. The molecule has 0 aliphatic rings. The number of carbonyl (C=O) groups is 2. The highest BCUT2D eigenvalue weighted by Crippen LogP contribution is 2.21. The maximum atomic E-state index is 12.2. The first-order chi connectivity index (χ1) is 8.89. The Kier molecular flexibility index (Phi) is 4.87. The second kappa shape index (κ2) is 6.18. The molecule has 1 amide bonds. The van der Waals surface area contributed by atoms with Gasteiger partial charge < -0.3 is 4.74 Å². The second-order valence-electron chi connectivity index (χ2n) is 5.06. The average molecular weight is 261 g/mol. The summed E-state index contributed by atoms with van der Waals surface area (Å²) >= 11 is 0. The molecule has 0 saturated carbocycles. The summed E-state index contributed by atoms with van der Waals surface area (Å²) in [5.41, 5.74) is 0.369. The van der Waals surface area contributed by atoms with Crippen LogP contribution < -0.4 is 4.90 Å². The summed E-state index contributed by atoms with van der Waals surface area (Å²) in [6.07, 6.45) is 1.81. The van der Waals surface area contributed by atoms with Gasteiger partial charge in [0.05, 0.1) is 5.69 Å². The first-order valence-corrected chi connectivity index (χ1v) is 6.04. The van der Waals surface area contributed by atoms with Gasteiger partial charge in [-0.2, -0.15) is 0 Å². The highest BCUT2D eigenvalue weighted by molar-refractivity contribution is 5.95. The van der Waals surface area contributed by atoms with Gasteiger partial charge in [-0.1, -0.05) is 18.2 Å². The van der Waals surface area contributed by atoms with Crippen molar-refractivity contribution in [3.8, 4) is 0 Å². The molecule has 0 aliphatic carbocycles. The van der Waals surface area contributed by atoms with Crippen LogP contribution in [0.2, 0.25) is 0 Å². The molecule has 0 spiro atoms. The molecule has 0 saturated heterocycles. The lowest BCUT2D eigenvalue weighted by Crippen LogP contribution is -2.37. The lowest BCUT2D eigenvalue weighted by Gasteiger charge is -2.27. The predicted molar refractivity (Wildman–Crippen MR) is 75.6 cm³/mol. The van der Waals surface area contributed by atoms with Crippen molar-refractivity contribution in [2.24, 2.45) is 0 Å². The highest BCUT2D eigenvalue weighted by atomic mass is 16.6. The highest BCUT2D eigenvalue weighted by Gasteiger charge is 2.23. The van der Waals surface area contributed by atoms with Crippen molar-refractivity contribution in [1.82, 2.24) is 0 Å². The van der Waals surface area contributed by atoms with E-state index in [2.05, 4.69) is 6.58 Å². The number of nitrogens with zero attached hydrogens (tertiary/aromatic N) is 1. The summed E-state index contributed by atoms with van der Waals surface area (Å²) < 4.78 is 5.33. The van der Waals surface area contributed by atoms with Crippen molar-refractivity contribution in [2.75, 3.05) is 11.4 Å². The molecule has 0 bridgehead atoms. The Hall–Kier alpha value is -2.10. The zero-order valence-corrected chi connectivity index (χ0v) is 11.6. The number of carbonyl (C=O) groups excluding carboxylic acids is 2. The van der Waals surface area contributed by atoms with Crippen molar-refractivity contribution < 1.29 is 14.3 Å². The Morgan fingerprint density at radius 2 is 2.00 bits per heavy atom. The third kappa shape index (κ3) is 4.25. The fourth-order valence-electron chi connectivity index (χ4n) is 1.55. The van der Waals surface area contributed by atoms with E-state index in [1.807, 2.05) is 0 Å². The largest absolute Gasteiger partial charge is 0.443 e. The number of para-hydroxylation sites is 1. The smallest absolute Gasteiger partial charge is 0.415 e. The van der Waals surface area contributed by atoms with Crippen LogP contribution in [0.15, 0.2) is 36.9 Å². The van der Waals surface area contributed by atoms with Crippen molar-refractivity contribution in [3.05, 3.63) is 42.5 Å². The molecule has 19 heavy (non-hydrogen) atoms. The number of rotatable bonds is 4. The fraction of sp³-hybridized carbons (Fsp3) is 0.333. The number of aldehydes is 1. The van der Waals surface area contributed by atoms with Gasteiger partial charge in [0.1, 0.15) is 5.60 Å². The molecular weight excluding hydrogens is 242 g/mol.